The fourth-order valence-electron chi connectivity index (χ4n) is 3.14. The maximum Gasteiger partial charge on any atom is 0.0991 e. The Morgan fingerprint density at radius 2 is 2.00 bits per heavy atom. The van der Waals surface area contributed by atoms with Gasteiger partial charge in [0.05, 0.1) is 11.6 Å². The average Bonchev–Trinajstić information content (AvgIpc) is 2.87. The first kappa shape index (κ1) is 11.7. The Morgan fingerprint density at radius 1 is 1.17 bits per heavy atom. The highest BCUT2D eigenvalue weighted by atomic mass is 15.3. The zero-order valence-corrected chi connectivity index (χ0v) is 10.7. The van der Waals surface area contributed by atoms with Crippen LogP contribution in [0, 0.1) is 11.3 Å². The molecule has 2 fully saturated rings. The molecule has 0 aliphatic carbocycles. The molecule has 0 unspecified atom stereocenters. The van der Waals surface area contributed by atoms with Crippen LogP contribution >= 0.6 is 0 Å². The maximum atomic E-state index is 8.79. The summed E-state index contributed by atoms with van der Waals surface area (Å²) in [5.74, 6) is 0. The van der Waals surface area contributed by atoms with Crippen molar-refractivity contribution in [2.75, 3.05) is 26.2 Å². The second kappa shape index (κ2) is 5.09. The molecule has 1 aromatic carbocycles. The van der Waals surface area contributed by atoms with Gasteiger partial charge in [0.1, 0.15) is 0 Å². The van der Waals surface area contributed by atoms with E-state index in [4.69, 9.17) is 5.26 Å². The zero-order valence-electron chi connectivity index (χ0n) is 10.7. The van der Waals surface area contributed by atoms with Gasteiger partial charge in [0.15, 0.2) is 0 Å². The minimum absolute atomic E-state index is 0.749. The lowest BCUT2D eigenvalue weighted by molar-refractivity contribution is 0.0994. The van der Waals surface area contributed by atoms with Gasteiger partial charge in [-0.3, -0.25) is 9.80 Å². The van der Waals surface area contributed by atoms with Gasteiger partial charge in [0, 0.05) is 32.2 Å². The highest BCUT2D eigenvalue weighted by Gasteiger charge is 2.30. The predicted octanol–water partition coefficient (Wildman–Crippen LogP) is 1.84. The summed E-state index contributed by atoms with van der Waals surface area (Å²) in [6, 6.07) is 11.0. The molecule has 3 heteroatoms. The lowest BCUT2D eigenvalue weighted by Gasteiger charge is -2.37. The highest BCUT2D eigenvalue weighted by molar-refractivity contribution is 5.31. The van der Waals surface area contributed by atoms with Crippen LogP contribution in [0.25, 0.3) is 0 Å². The molecule has 18 heavy (non-hydrogen) atoms. The van der Waals surface area contributed by atoms with Crippen molar-refractivity contribution >= 4 is 0 Å². The lowest BCUT2D eigenvalue weighted by atomic mass is 10.1. The Bertz CT molecular complexity index is 446. The number of rotatable bonds is 2. The van der Waals surface area contributed by atoms with Gasteiger partial charge in [-0.05, 0) is 37.1 Å². The second-order valence-electron chi connectivity index (χ2n) is 5.38. The summed E-state index contributed by atoms with van der Waals surface area (Å²) in [6.45, 7) is 5.93. The van der Waals surface area contributed by atoms with Crippen molar-refractivity contribution in [3.05, 3.63) is 35.4 Å². The second-order valence-corrected chi connectivity index (χ2v) is 5.38. The fourth-order valence-corrected chi connectivity index (χ4v) is 3.14. The van der Waals surface area contributed by atoms with E-state index in [1.807, 2.05) is 12.1 Å². The van der Waals surface area contributed by atoms with Crippen molar-refractivity contribution in [3.8, 4) is 6.07 Å². The van der Waals surface area contributed by atoms with Crippen molar-refractivity contribution in [2.24, 2.45) is 0 Å². The molecule has 1 atom stereocenters. The molecule has 2 aliphatic rings. The van der Waals surface area contributed by atoms with Crippen LogP contribution in [-0.2, 0) is 6.54 Å². The van der Waals surface area contributed by atoms with E-state index in [0.29, 0.717) is 0 Å². The molecule has 0 saturated carbocycles. The summed E-state index contributed by atoms with van der Waals surface area (Å²) in [5, 5.41) is 8.79. The molecule has 2 saturated heterocycles. The molecular weight excluding hydrogens is 222 g/mol. The summed E-state index contributed by atoms with van der Waals surface area (Å²) in [7, 11) is 0. The molecule has 94 valence electrons. The molecule has 3 rings (SSSR count). The molecule has 0 N–H and O–H groups in total. The zero-order chi connectivity index (χ0) is 12.4. The molecule has 1 aromatic rings. The molecule has 0 spiro atoms. The third-order valence-corrected chi connectivity index (χ3v) is 4.16. The van der Waals surface area contributed by atoms with Crippen molar-refractivity contribution in [1.29, 1.82) is 5.26 Å². The standard InChI is InChI=1S/C15H19N3/c16-10-13-3-5-14(6-4-13)11-17-8-9-18-7-1-2-15(18)12-17/h3-6,15H,1-2,7-9,11-12H2/t15-/m0/s1. The van der Waals surface area contributed by atoms with Crippen LogP contribution in [-0.4, -0.2) is 42.0 Å². The van der Waals surface area contributed by atoms with E-state index in [0.717, 1.165) is 18.2 Å². The molecule has 0 aromatic heterocycles. The number of hydrogen-bond acceptors (Lipinski definition) is 3. The quantitative estimate of drug-likeness (QED) is 0.791. The van der Waals surface area contributed by atoms with Crippen molar-refractivity contribution in [3.63, 3.8) is 0 Å². The summed E-state index contributed by atoms with van der Waals surface area (Å²) < 4.78 is 0. The van der Waals surface area contributed by atoms with Gasteiger partial charge >= 0.3 is 0 Å². The number of fused-ring (bicyclic) bond motifs is 1. The van der Waals surface area contributed by atoms with E-state index in [1.165, 1.54) is 44.6 Å². The number of nitriles is 1. The number of hydrogen-bond donors (Lipinski definition) is 0. The van der Waals surface area contributed by atoms with Gasteiger partial charge in [-0.15, -0.1) is 0 Å². The third kappa shape index (κ3) is 2.40. The van der Waals surface area contributed by atoms with Gasteiger partial charge in [-0.1, -0.05) is 12.1 Å². The smallest absolute Gasteiger partial charge is 0.0991 e. The van der Waals surface area contributed by atoms with Gasteiger partial charge in [0.2, 0.25) is 0 Å². The summed E-state index contributed by atoms with van der Waals surface area (Å²) >= 11 is 0. The van der Waals surface area contributed by atoms with E-state index >= 15 is 0 Å². The van der Waals surface area contributed by atoms with Crippen LogP contribution < -0.4 is 0 Å². The topological polar surface area (TPSA) is 30.3 Å². The van der Waals surface area contributed by atoms with E-state index < -0.39 is 0 Å². The Balaban J connectivity index is 1.60. The summed E-state index contributed by atoms with van der Waals surface area (Å²) in [4.78, 5) is 5.18. The first-order chi connectivity index (χ1) is 8.85. The highest BCUT2D eigenvalue weighted by Crippen LogP contribution is 2.22. The third-order valence-electron chi connectivity index (χ3n) is 4.16. The van der Waals surface area contributed by atoms with Gasteiger partial charge in [-0.2, -0.15) is 5.26 Å². The minimum atomic E-state index is 0.749. The van der Waals surface area contributed by atoms with Crippen LogP contribution in [0.1, 0.15) is 24.0 Å². The van der Waals surface area contributed by atoms with E-state index in [9.17, 15) is 0 Å². The van der Waals surface area contributed by atoms with Crippen LogP contribution in [0.5, 0.6) is 0 Å². The first-order valence-electron chi connectivity index (χ1n) is 6.80. The number of benzene rings is 1. The van der Waals surface area contributed by atoms with Crippen molar-refractivity contribution in [2.45, 2.75) is 25.4 Å². The largest absolute Gasteiger partial charge is 0.298 e. The van der Waals surface area contributed by atoms with E-state index in [2.05, 4.69) is 28.0 Å². The maximum absolute atomic E-state index is 8.79. The van der Waals surface area contributed by atoms with E-state index in [1.54, 1.807) is 0 Å². The first-order valence-corrected chi connectivity index (χ1v) is 6.80. The average molecular weight is 241 g/mol. The SMILES string of the molecule is N#Cc1ccc(CN2CCN3CCC[C@H]3C2)cc1. The van der Waals surface area contributed by atoms with Crippen LogP contribution in [0.15, 0.2) is 24.3 Å². The molecule has 3 nitrogen and oxygen atoms in total. The normalized spacial score (nSPS) is 24.7. The monoisotopic (exact) mass is 241 g/mol. The van der Waals surface area contributed by atoms with Crippen LogP contribution in [0.3, 0.4) is 0 Å². The molecule has 0 radical (unpaired) electrons. The van der Waals surface area contributed by atoms with Gasteiger partial charge in [0.25, 0.3) is 0 Å². The predicted molar refractivity (Wildman–Crippen MR) is 71.0 cm³/mol. The minimum Gasteiger partial charge on any atom is -0.298 e. The van der Waals surface area contributed by atoms with E-state index in [-0.39, 0.29) is 0 Å². The fraction of sp³-hybridized carbons (Fsp3) is 0.533. The Morgan fingerprint density at radius 3 is 2.78 bits per heavy atom. The Kier molecular flexibility index (Phi) is 3.31. The van der Waals surface area contributed by atoms with Crippen molar-refractivity contribution < 1.29 is 0 Å². The van der Waals surface area contributed by atoms with Crippen LogP contribution in [0.2, 0.25) is 0 Å². The van der Waals surface area contributed by atoms with Crippen LogP contribution in [0.4, 0.5) is 0 Å². The molecule has 0 amide bonds. The molecule has 0 bridgehead atoms. The Labute approximate surface area is 109 Å². The van der Waals surface area contributed by atoms with Gasteiger partial charge < -0.3 is 0 Å². The van der Waals surface area contributed by atoms with Crippen molar-refractivity contribution in [1.82, 2.24) is 9.80 Å². The number of nitrogens with zero attached hydrogens (tertiary/aromatic N) is 3. The molecule has 2 aliphatic heterocycles. The number of piperazine rings is 1. The lowest BCUT2D eigenvalue weighted by Crippen LogP contribution is -2.49. The summed E-state index contributed by atoms with van der Waals surface area (Å²) in [5.41, 5.74) is 2.07. The summed E-state index contributed by atoms with van der Waals surface area (Å²) in [6.07, 6.45) is 2.74. The Hall–Kier alpha value is -1.37. The molecular formula is C15H19N3. The van der Waals surface area contributed by atoms with Gasteiger partial charge in [-0.25, -0.2) is 0 Å². The molecule has 2 heterocycles.